The van der Waals surface area contributed by atoms with E-state index in [1.54, 1.807) is 29.6 Å². The first-order chi connectivity index (χ1) is 13.1. The maximum absolute atomic E-state index is 12.8. The number of guanidine groups is 1. The molecule has 0 bridgehead atoms. The second-order valence-electron chi connectivity index (χ2n) is 7.15. The molecule has 7 nitrogen and oxygen atoms in total. The summed E-state index contributed by atoms with van der Waals surface area (Å²) in [5.41, 5.74) is 0.917. The molecule has 3 rings (SSSR count). The zero-order valence-corrected chi connectivity index (χ0v) is 19.5. The lowest BCUT2D eigenvalue weighted by atomic mass is 10.1. The predicted molar refractivity (Wildman–Crippen MR) is 122 cm³/mol. The van der Waals surface area contributed by atoms with Crippen LogP contribution >= 0.6 is 24.0 Å². The highest BCUT2D eigenvalue weighted by Crippen LogP contribution is 2.21. The molecule has 2 N–H and O–H groups in total. The van der Waals surface area contributed by atoms with Gasteiger partial charge >= 0.3 is 0 Å². The molecule has 1 aromatic rings. The largest absolute Gasteiger partial charge is 0.381 e. The number of hydrogen-bond acceptors (Lipinski definition) is 4. The maximum atomic E-state index is 12.8. The number of sulfonamides is 1. The quantitative estimate of drug-likeness (QED) is 0.340. The average molecular weight is 522 g/mol. The fourth-order valence-electron chi connectivity index (χ4n) is 3.46. The molecule has 0 saturated carbocycles. The molecule has 28 heavy (non-hydrogen) atoms. The van der Waals surface area contributed by atoms with Gasteiger partial charge in [-0.05, 0) is 37.0 Å². The van der Waals surface area contributed by atoms with E-state index in [1.165, 1.54) is 0 Å². The Kier molecular flexibility index (Phi) is 9.45. The number of aliphatic imine (C=N–C) groups is 1. The third-order valence-electron chi connectivity index (χ3n) is 5.12. The minimum absolute atomic E-state index is 0. The summed E-state index contributed by atoms with van der Waals surface area (Å²) < 4.78 is 32.7. The van der Waals surface area contributed by atoms with Gasteiger partial charge in [0.1, 0.15) is 0 Å². The van der Waals surface area contributed by atoms with E-state index in [0.717, 1.165) is 51.0 Å². The summed E-state index contributed by atoms with van der Waals surface area (Å²) in [4.78, 5) is 4.61. The molecule has 0 spiro atoms. The fourth-order valence-corrected chi connectivity index (χ4v) is 5.05. The summed E-state index contributed by atoms with van der Waals surface area (Å²) >= 11 is 0. The van der Waals surface area contributed by atoms with Gasteiger partial charge in [0.15, 0.2) is 5.96 Å². The summed E-state index contributed by atoms with van der Waals surface area (Å²) in [6, 6.07) is 7.18. The van der Waals surface area contributed by atoms with Crippen LogP contribution in [0.25, 0.3) is 0 Å². The molecular weight excluding hydrogens is 491 g/mol. The molecule has 0 aliphatic carbocycles. The lowest BCUT2D eigenvalue weighted by Crippen LogP contribution is -2.39. The van der Waals surface area contributed by atoms with E-state index in [2.05, 4.69) is 15.6 Å². The summed E-state index contributed by atoms with van der Waals surface area (Å²) in [5, 5.41) is 6.57. The first-order valence-corrected chi connectivity index (χ1v) is 11.1. The van der Waals surface area contributed by atoms with Gasteiger partial charge in [0, 0.05) is 45.8 Å². The zero-order valence-electron chi connectivity index (χ0n) is 16.4. The SMILES string of the molecule is CN=C(NCc1cccc(S(=O)(=O)N2CCCCC2)c1)NCC1CCOC1.I. The molecule has 2 fully saturated rings. The minimum atomic E-state index is -3.40. The van der Waals surface area contributed by atoms with Crippen molar-refractivity contribution in [2.24, 2.45) is 10.9 Å². The van der Waals surface area contributed by atoms with Crippen LogP contribution < -0.4 is 10.6 Å². The number of benzene rings is 1. The normalized spacial score (nSPS) is 21.2. The van der Waals surface area contributed by atoms with Crippen molar-refractivity contribution in [1.29, 1.82) is 0 Å². The van der Waals surface area contributed by atoms with Crippen molar-refractivity contribution >= 4 is 40.0 Å². The van der Waals surface area contributed by atoms with Gasteiger partial charge in [-0.25, -0.2) is 8.42 Å². The van der Waals surface area contributed by atoms with Crippen molar-refractivity contribution in [3.63, 3.8) is 0 Å². The molecule has 158 valence electrons. The molecule has 0 amide bonds. The highest BCUT2D eigenvalue weighted by atomic mass is 127. The predicted octanol–water partition coefficient (Wildman–Crippen LogP) is 2.18. The molecule has 9 heteroatoms. The molecule has 2 heterocycles. The van der Waals surface area contributed by atoms with E-state index in [0.29, 0.717) is 36.4 Å². The Morgan fingerprint density at radius 1 is 1.25 bits per heavy atom. The third kappa shape index (κ3) is 6.30. The minimum Gasteiger partial charge on any atom is -0.381 e. The lowest BCUT2D eigenvalue weighted by Gasteiger charge is -2.26. The summed E-state index contributed by atoms with van der Waals surface area (Å²) in [7, 11) is -1.67. The van der Waals surface area contributed by atoms with Crippen LogP contribution in [0.5, 0.6) is 0 Å². The van der Waals surface area contributed by atoms with Gasteiger partial charge in [-0.3, -0.25) is 4.99 Å². The van der Waals surface area contributed by atoms with Gasteiger partial charge in [-0.15, -0.1) is 24.0 Å². The van der Waals surface area contributed by atoms with Gasteiger partial charge in [0.25, 0.3) is 0 Å². The Morgan fingerprint density at radius 3 is 2.71 bits per heavy atom. The number of rotatable bonds is 6. The van der Waals surface area contributed by atoms with Crippen LogP contribution in [0.3, 0.4) is 0 Å². The zero-order chi connectivity index (χ0) is 19.1. The monoisotopic (exact) mass is 522 g/mol. The van der Waals surface area contributed by atoms with Crippen molar-refractivity contribution in [2.75, 3.05) is 39.9 Å². The topological polar surface area (TPSA) is 83.0 Å². The van der Waals surface area contributed by atoms with Crippen molar-refractivity contribution in [1.82, 2.24) is 14.9 Å². The van der Waals surface area contributed by atoms with Crippen molar-refractivity contribution in [3.8, 4) is 0 Å². The molecule has 1 aromatic carbocycles. The Labute approximate surface area is 185 Å². The fraction of sp³-hybridized carbons (Fsp3) is 0.632. The molecule has 0 radical (unpaired) electrons. The standard InChI is InChI=1S/C19H30N4O3S.HI/c1-20-19(22-14-17-8-11-26-15-17)21-13-16-6-5-7-18(12-16)27(24,25)23-9-3-2-4-10-23;/h5-7,12,17H,2-4,8-11,13-15H2,1H3,(H2,20,21,22);1H. The number of halogens is 1. The number of nitrogens with one attached hydrogen (secondary N) is 2. The van der Waals surface area contributed by atoms with Gasteiger partial charge in [0.2, 0.25) is 10.0 Å². The molecule has 0 aromatic heterocycles. The van der Waals surface area contributed by atoms with Crippen LogP contribution in [-0.2, 0) is 21.3 Å². The van der Waals surface area contributed by atoms with Crippen LogP contribution in [0.15, 0.2) is 34.2 Å². The van der Waals surface area contributed by atoms with E-state index in [1.807, 2.05) is 6.07 Å². The van der Waals surface area contributed by atoms with Crippen LogP contribution in [-0.4, -0.2) is 58.6 Å². The third-order valence-corrected chi connectivity index (χ3v) is 7.01. The summed E-state index contributed by atoms with van der Waals surface area (Å²) in [5.74, 6) is 1.23. The highest BCUT2D eigenvalue weighted by Gasteiger charge is 2.25. The van der Waals surface area contributed by atoms with Gasteiger partial charge in [0.05, 0.1) is 11.5 Å². The Bertz CT molecular complexity index is 745. The number of piperidine rings is 1. The maximum Gasteiger partial charge on any atom is 0.243 e. The van der Waals surface area contributed by atoms with E-state index in [4.69, 9.17) is 4.74 Å². The molecule has 2 aliphatic heterocycles. The lowest BCUT2D eigenvalue weighted by molar-refractivity contribution is 0.186. The van der Waals surface area contributed by atoms with Crippen molar-refractivity contribution in [2.45, 2.75) is 37.1 Å². The second-order valence-corrected chi connectivity index (χ2v) is 9.09. The molecular formula is C19H31IN4O3S. The second kappa shape index (κ2) is 11.3. The van der Waals surface area contributed by atoms with Gasteiger partial charge in [-0.2, -0.15) is 4.31 Å². The van der Waals surface area contributed by atoms with Crippen LogP contribution in [0, 0.1) is 5.92 Å². The molecule has 1 unspecified atom stereocenters. The van der Waals surface area contributed by atoms with Crippen LogP contribution in [0.1, 0.15) is 31.2 Å². The molecule has 2 saturated heterocycles. The van der Waals surface area contributed by atoms with Crippen LogP contribution in [0.2, 0.25) is 0 Å². The smallest absolute Gasteiger partial charge is 0.243 e. The van der Waals surface area contributed by atoms with Gasteiger partial charge in [-0.1, -0.05) is 18.6 Å². The molecule has 2 aliphatic rings. The first-order valence-electron chi connectivity index (χ1n) is 9.71. The Hall–Kier alpha value is -0.910. The van der Waals surface area contributed by atoms with E-state index >= 15 is 0 Å². The number of nitrogens with zero attached hydrogens (tertiary/aromatic N) is 2. The van der Waals surface area contributed by atoms with Crippen LogP contribution in [0.4, 0.5) is 0 Å². The number of hydrogen-bond donors (Lipinski definition) is 2. The summed E-state index contributed by atoms with van der Waals surface area (Å²) in [6.07, 6.45) is 4.05. The number of ether oxygens (including phenoxy) is 1. The van der Waals surface area contributed by atoms with E-state index in [9.17, 15) is 8.42 Å². The van der Waals surface area contributed by atoms with Crippen molar-refractivity contribution in [3.05, 3.63) is 29.8 Å². The Morgan fingerprint density at radius 2 is 2.04 bits per heavy atom. The highest BCUT2D eigenvalue weighted by molar-refractivity contribution is 14.0. The van der Waals surface area contributed by atoms with Crippen molar-refractivity contribution < 1.29 is 13.2 Å². The molecule has 1 atom stereocenters. The average Bonchev–Trinajstić information content (AvgIpc) is 3.23. The first kappa shape index (κ1) is 23.4. The Balaban J connectivity index is 0.00000280. The van der Waals surface area contributed by atoms with Gasteiger partial charge < -0.3 is 15.4 Å². The summed E-state index contributed by atoms with van der Waals surface area (Å²) in [6.45, 7) is 4.20. The van der Waals surface area contributed by atoms with E-state index < -0.39 is 10.0 Å². The van der Waals surface area contributed by atoms with E-state index in [-0.39, 0.29) is 24.0 Å².